The van der Waals surface area contributed by atoms with Crippen LogP contribution in [-0.4, -0.2) is 30.0 Å². The number of pyridine rings is 1. The Balaban J connectivity index is 1.77. The van der Waals surface area contributed by atoms with Gasteiger partial charge in [0, 0.05) is 25.0 Å². The molecule has 7 heteroatoms. The Morgan fingerprint density at radius 3 is 2.67 bits per heavy atom. The van der Waals surface area contributed by atoms with Crippen LogP contribution in [0.1, 0.15) is 47.5 Å². The van der Waals surface area contributed by atoms with Crippen molar-refractivity contribution in [1.82, 2.24) is 29.4 Å². The average molecular weight is 326 g/mol. The summed E-state index contributed by atoms with van der Waals surface area (Å²) in [5.41, 5.74) is 4.08. The molecule has 0 saturated carbocycles. The van der Waals surface area contributed by atoms with Crippen LogP contribution in [-0.2, 0) is 13.6 Å². The second-order valence-electron chi connectivity index (χ2n) is 6.25. The normalized spacial score (nSPS) is 11.4. The fourth-order valence-electron chi connectivity index (χ4n) is 2.63. The Kier molecular flexibility index (Phi) is 4.09. The summed E-state index contributed by atoms with van der Waals surface area (Å²) in [7, 11) is 1.95. The van der Waals surface area contributed by atoms with E-state index in [2.05, 4.69) is 34.1 Å². The van der Waals surface area contributed by atoms with E-state index in [0.29, 0.717) is 12.1 Å². The number of aryl methyl sites for hydroxylation is 1. The molecule has 126 valence electrons. The molecule has 1 N–H and O–H groups in total. The number of carbonyl (C=O) groups is 1. The SMILES string of the molecule is Cc1nc(CNC(=O)c2cnc3c(c2)ncn3C(C)C)n(C)c1C. The predicted octanol–water partition coefficient (Wildman–Crippen LogP) is 2.29. The summed E-state index contributed by atoms with van der Waals surface area (Å²) >= 11 is 0. The molecule has 0 aliphatic rings. The molecule has 0 aliphatic carbocycles. The molecule has 3 rings (SSSR count). The Morgan fingerprint density at radius 1 is 1.29 bits per heavy atom. The molecule has 0 aliphatic heterocycles. The topological polar surface area (TPSA) is 77.6 Å². The Morgan fingerprint density at radius 2 is 2.04 bits per heavy atom. The number of amides is 1. The lowest BCUT2D eigenvalue weighted by Gasteiger charge is -2.08. The van der Waals surface area contributed by atoms with E-state index in [4.69, 9.17) is 0 Å². The molecule has 1 amide bonds. The van der Waals surface area contributed by atoms with Gasteiger partial charge in [0.1, 0.15) is 11.3 Å². The van der Waals surface area contributed by atoms with Gasteiger partial charge in [-0.05, 0) is 33.8 Å². The molecule has 3 aromatic heterocycles. The van der Waals surface area contributed by atoms with Crippen LogP contribution >= 0.6 is 0 Å². The Bertz CT molecular complexity index is 905. The number of imidazole rings is 2. The number of nitrogens with zero attached hydrogens (tertiary/aromatic N) is 5. The summed E-state index contributed by atoms with van der Waals surface area (Å²) in [5, 5.41) is 2.89. The molecule has 7 nitrogen and oxygen atoms in total. The molecule has 0 atom stereocenters. The molecule has 0 aromatic carbocycles. The molecule has 0 unspecified atom stereocenters. The van der Waals surface area contributed by atoms with Gasteiger partial charge in [-0.15, -0.1) is 0 Å². The monoisotopic (exact) mass is 326 g/mol. The van der Waals surface area contributed by atoms with Crippen LogP contribution in [0.15, 0.2) is 18.6 Å². The fourth-order valence-corrected chi connectivity index (χ4v) is 2.63. The lowest BCUT2D eigenvalue weighted by molar-refractivity contribution is 0.0949. The third-order valence-electron chi connectivity index (χ3n) is 4.35. The van der Waals surface area contributed by atoms with Crippen LogP contribution in [0.5, 0.6) is 0 Å². The molecule has 3 aromatic rings. The van der Waals surface area contributed by atoms with Gasteiger partial charge in [0.05, 0.1) is 24.1 Å². The van der Waals surface area contributed by atoms with E-state index >= 15 is 0 Å². The summed E-state index contributed by atoms with van der Waals surface area (Å²) in [6.07, 6.45) is 3.34. The summed E-state index contributed by atoms with van der Waals surface area (Å²) in [6, 6.07) is 2.04. The number of rotatable bonds is 4. The predicted molar refractivity (Wildman–Crippen MR) is 91.8 cm³/mol. The quantitative estimate of drug-likeness (QED) is 0.798. The zero-order valence-electron chi connectivity index (χ0n) is 14.7. The molecular formula is C17H22N6O. The zero-order valence-corrected chi connectivity index (χ0v) is 14.7. The number of fused-ring (bicyclic) bond motifs is 1. The highest BCUT2D eigenvalue weighted by Gasteiger charge is 2.13. The first kappa shape index (κ1) is 16.2. The lowest BCUT2D eigenvalue weighted by atomic mass is 10.2. The van der Waals surface area contributed by atoms with Crippen molar-refractivity contribution in [2.45, 2.75) is 40.3 Å². The lowest BCUT2D eigenvalue weighted by Crippen LogP contribution is -2.24. The maximum atomic E-state index is 12.4. The average Bonchev–Trinajstić information content (AvgIpc) is 3.09. The van der Waals surface area contributed by atoms with E-state index in [1.54, 1.807) is 18.6 Å². The molecule has 0 radical (unpaired) electrons. The molecule has 0 saturated heterocycles. The van der Waals surface area contributed by atoms with Crippen LogP contribution < -0.4 is 5.32 Å². The first-order valence-corrected chi connectivity index (χ1v) is 7.98. The van der Waals surface area contributed by atoms with Crippen LogP contribution in [0.3, 0.4) is 0 Å². The molecule has 3 heterocycles. The van der Waals surface area contributed by atoms with E-state index in [9.17, 15) is 4.79 Å². The smallest absolute Gasteiger partial charge is 0.253 e. The van der Waals surface area contributed by atoms with Gasteiger partial charge < -0.3 is 14.5 Å². The van der Waals surface area contributed by atoms with Crippen molar-refractivity contribution in [3.63, 3.8) is 0 Å². The third-order valence-corrected chi connectivity index (χ3v) is 4.35. The highest BCUT2D eigenvalue weighted by molar-refractivity contribution is 5.96. The largest absolute Gasteiger partial charge is 0.345 e. The first-order valence-electron chi connectivity index (χ1n) is 7.98. The van der Waals surface area contributed by atoms with Crippen LogP contribution in [0.4, 0.5) is 0 Å². The molecule has 24 heavy (non-hydrogen) atoms. The van der Waals surface area contributed by atoms with E-state index in [-0.39, 0.29) is 11.9 Å². The first-order chi connectivity index (χ1) is 11.4. The fraction of sp³-hybridized carbons (Fsp3) is 0.412. The summed E-state index contributed by atoms with van der Waals surface area (Å²) in [5.74, 6) is 0.651. The van der Waals surface area contributed by atoms with E-state index in [0.717, 1.165) is 28.4 Å². The van der Waals surface area contributed by atoms with Gasteiger partial charge in [-0.25, -0.2) is 15.0 Å². The Hall–Kier alpha value is -2.70. The van der Waals surface area contributed by atoms with Crippen molar-refractivity contribution < 1.29 is 4.79 Å². The standard InChI is InChI=1S/C17H22N6O/c1-10(2)23-9-20-14-6-13(7-18-16(14)23)17(24)19-8-15-21-11(3)12(4)22(15)5/h6-7,9-10H,8H2,1-5H3,(H,19,24). The second-order valence-corrected chi connectivity index (χ2v) is 6.25. The van der Waals surface area contributed by atoms with E-state index in [1.807, 2.05) is 30.0 Å². The van der Waals surface area contributed by atoms with Crippen molar-refractivity contribution in [2.24, 2.45) is 7.05 Å². The zero-order chi connectivity index (χ0) is 17.4. The van der Waals surface area contributed by atoms with Gasteiger partial charge in [-0.2, -0.15) is 0 Å². The van der Waals surface area contributed by atoms with Gasteiger partial charge >= 0.3 is 0 Å². The molecule has 0 fully saturated rings. The minimum Gasteiger partial charge on any atom is -0.345 e. The maximum absolute atomic E-state index is 12.4. The summed E-state index contributed by atoms with van der Waals surface area (Å²) < 4.78 is 3.97. The van der Waals surface area contributed by atoms with Crippen LogP contribution in [0, 0.1) is 13.8 Å². The summed E-state index contributed by atoms with van der Waals surface area (Å²) in [6.45, 7) is 8.49. The minimum atomic E-state index is -0.179. The number of nitrogens with one attached hydrogen (secondary N) is 1. The molecule has 0 bridgehead atoms. The van der Waals surface area contributed by atoms with Crippen LogP contribution in [0.2, 0.25) is 0 Å². The summed E-state index contributed by atoms with van der Waals surface area (Å²) in [4.78, 5) is 25.6. The van der Waals surface area contributed by atoms with Crippen molar-refractivity contribution in [3.05, 3.63) is 41.4 Å². The number of aromatic nitrogens is 5. The highest BCUT2D eigenvalue weighted by atomic mass is 16.1. The number of hydrogen-bond acceptors (Lipinski definition) is 4. The van der Waals surface area contributed by atoms with E-state index in [1.165, 1.54) is 0 Å². The van der Waals surface area contributed by atoms with Crippen molar-refractivity contribution in [2.75, 3.05) is 0 Å². The van der Waals surface area contributed by atoms with Gasteiger partial charge in [0.25, 0.3) is 5.91 Å². The van der Waals surface area contributed by atoms with Crippen molar-refractivity contribution in [3.8, 4) is 0 Å². The minimum absolute atomic E-state index is 0.179. The van der Waals surface area contributed by atoms with Crippen molar-refractivity contribution in [1.29, 1.82) is 0 Å². The number of hydrogen-bond donors (Lipinski definition) is 1. The van der Waals surface area contributed by atoms with Crippen molar-refractivity contribution >= 4 is 17.1 Å². The Labute approximate surface area is 140 Å². The van der Waals surface area contributed by atoms with Gasteiger partial charge in [0.2, 0.25) is 0 Å². The number of carbonyl (C=O) groups excluding carboxylic acids is 1. The molecule has 0 spiro atoms. The van der Waals surface area contributed by atoms with Gasteiger partial charge in [-0.1, -0.05) is 0 Å². The second kappa shape index (κ2) is 6.07. The highest BCUT2D eigenvalue weighted by Crippen LogP contribution is 2.16. The third kappa shape index (κ3) is 2.77. The van der Waals surface area contributed by atoms with E-state index < -0.39 is 0 Å². The van der Waals surface area contributed by atoms with Crippen LogP contribution in [0.25, 0.3) is 11.2 Å². The maximum Gasteiger partial charge on any atom is 0.253 e. The van der Waals surface area contributed by atoms with Gasteiger partial charge in [-0.3, -0.25) is 4.79 Å². The molecular weight excluding hydrogens is 304 g/mol. The van der Waals surface area contributed by atoms with Gasteiger partial charge in [0.15, 0.2) is 5.65 Å².